The Hall–Kier alpha value is -3.05. The van der Waals surface area contributed by atoms with Gasteiger partial charge in [-0.2, -0.15) is 10.5 Å². The minimum absolute atomic E-state index is 0.196. The van der Waals surface area contributed by atoms with Crippen LogP contribution >= 0.6 is 0 Å². The first kappa shape index (κ1) is 12.4. The predicted molar refractivity (Wildman–Crippen MR) is 66.7 cm³/mol. The first-order valence-corrected chi connectivity index (χ1v) is 5.39. The Bertz CT molecular complexity index is 684. The quantitative estimate of drug-likeness (QED) is 0.837. The minimum atomic E-state index is 0.196. The van der Waals surface area contributed by atoms with Crippen molar-refractivity contribution in [2.45, 2.75) is 0 Å². The van der Waals surface area contributed by atoms with Crippen LogP contribution < -0.4 is 9.47 Å². The van der Waals surface area contributed by atoms with Crippen molar-refractivity contribution in [3.63, 3.8) is 0 Å². The zero-order valence-electron chi connectivity index (χ0n) is 10.1. The maximum absolute atomic E-state index is 8.95. The van der Waals surface area contributed by atoms with E-state index in [9.17, 15) is 0 Å². The standard InChI is InChI=1S/C14H9N3O2/c1-18-12-5-10(8-15)6-13(7-12)19-14-11(9-16)3-2-4-17-14/h2-7H,1H3. The molecule has 0 unspecified atom stereocenters. The molecule has 0 radical (unpaired) electrons. The maximum Gasteiger partial charge on any atom is 0.237 e. The van der Waals surface area contributed by atoms with Crippen molar-refractivity contribution < 1.29 is 9.47 Å². The van der Waals surface area contributed by atoms with Gasteiger partial charge in [-0.05, 0) is 24.3 Å². The molecular formula is C14H9N3O2. The van der Waals surface area contributed by atoms with Gasteiger partial charge < -0.3 is 9.47 Å². The fraction of sp³-hybridized carbons (Fsp3) is 0.0714. The lowest BCUT2D eigenvalue weighted by molar-refractivity contribution is 0.407. The molecule has 19 heavy (non-hydrogen) atoms. The summed E-state index contributed by atoms with van der Waals surface area (Å²) in [5, 5.41) is 17.9. The lowest BCUT2D eigenvalue weighted by atomic mass is 10.2. The van der Waals surface area contributed by atoms with Gasteiger partial charge in [0.05, 0.1) is 18.7 Å². The summed E-state index contributed by atoms with van der Waals surface area (Å²) >= 11 is 0. The number of pyridine rings is 1. The summed E-state index contributed by atoms with van der Waals surface area (Å²) in [7, 11) is 1.50. The molecule has 0 aliphatic rings. The molecule has 0 aliphatic heterocycles. The molecule has 0 saturated carbocycles. The minimum Gasteiger partial charge on any atom is -0.497 e. The zero-order valence-corrected chi connectivity index (χ0v) is 10.1. The van der Waals surface area contributed by atoms with Crippen molar-refractivity contribution in [2.75, 3.05) is 7.11 Å². The van der Waals surface area contributed by atoms with Crippen LogP contribution in [0.15, 0.2) is 36.5 Å². The second kappa shape index (κ2) is 5.52. The van der Waals surface area contributed by atoms with Gasteiger partial charge in [0.1, 0.15) is 23.1 Å². The van der Waals surface area contributed by atoms with E-state index in [-0.39, 0.29) is 5.88 Å². The summed E-state index contributed by atoms with van der Waals surface area (Å²) in [6, 6.07) is 12.0. The van der Waals surface area contributed by atoms with Gasteiger partial charge in [-0.1, -0.05) is 0 Å². The molecule has 2 rings (SSSR count). The van der Waals surface area contributed by atoms with Crippen molar-refractivity contribution in [3.05, 3.63) is 47.7 Å². The fourth-order valence-corrected chi connectivity index (χ4v) is 1.48. The van der Waals surface area contributed by atoms with Crippen molar-refractivity contribution in [3.8, 4) is 29.5 Å². The Labute approximate surface area is 110 Å². The van der Waals surface area contributed by atoms with Crippen molar-refractivity contribution >= 4 is 0 Å². The van der Waals surface area contributed by atoms with Crippen LogP contribution in [0.3, 0.4) is 0 Å². The largest absolute Gasteiger partial charge is 0.497 e. The highest BCUT2D eigenvalue weighted by atomic mass is 16.5. The average Bonchev–Trinajstić information content (AvgIpc) is 2.47. The summed E-state index contributed by atoms with van der Waals surface area (Å²) in [5.41, 5.74) is 0.729. The van der Waals surface area contributed by atoms with Crippen LogP contribution in [0.2, 0.25) is 0 Å². The molecule has 0 amide bonds. The highest BCUT2D eigenvalue weighted by molar-refractivity contribution is 5.46. The number of rotatable bonds is 3. The molecule has 1 heterocycles. The molecule has 0 saturated heterocycles. The molecule has 5 heteroatoms. The molecule has 2 aromatic rings. The van der Waals surface area contributed by atoms with Crippen LogP contribution in [0.4, 0.5) is 0 Å². The number of nitrogens with zero attached hydrogens (tertiary/aromatic N) is 3. The topological polar surface area (TPSA) is 78.9 Å². The lowest BCUT2D eigenvalue weighted by Crippen LogP contribution is -1.93. The van der Waals surface area contributed by atoms with E-state index in [0.717, 1.165) is 0 Å². The van der Waals surface area contributed by atoms with Gasteiger partial charge in [-0.3, -0.25) is 0 Å². The Morgan fingerprint density at radius 1 is 1.11 bits per heavy atom. The van der Waals surface area contributed by atoms with E-state index in [1.807, 2.05) is 12.1 Å². The number of ether oxygens (including phenoxy) is 2. The highest BCUT2D eigenvalue weighted by Crippen LogP contribution is 2.27. The maximum atomic E-state index is 8.95. The normalized spacial score (nSPS) is 9.21. The van der Waals surface area contributed by atoms with Crippen molar-refractivity contribution in [2.24, 2.45) is 0 Å². The summed E-state index contributed by atoms with van der Waals surface area (Å²) in [4.78, 5) is 3.99. The SMILES string of the molecule is COc1cc(C#N)cc(Oc2ncccc2C#N)c1. The van der Waals surface area contributed by atoms with Gasteiger partial charge >= 0.3 is 0 Å². The van der Waals surface area contributed by atoms with Crippen LogP contribution in [-0.4, -0.2) is 12.1 Å². The third-order valence-corrected chi connectivity index (χ3v) is 2.35. The Balaban J connectivity index is 2.39. The van der Waals surface area contributed by atoms with Gasteiger partial charge in [-0.15, -0.1) is 0 Å². The highest BCUT2D eigenvalue weighted by Gasteiger charge is 2.08. The second-order valence-electron chi connectivity index (χ2n) is 3.58. The molecule has 0 bridgehead atoms. The van der Waals surface area contributed by atoms with Crippen LogP contribution in [0.25, 0.3) is 0 Å². The molecule has 0 fully saturated rings. The van der Waals surface area contributed by atoms with Gasteiger partial charge in [0.15, 0.2) is 0 Å². The van der Waals surface area contributed by atoms with E-state index in [1.165, 1.54) is 13.3 Å². The van der Waals surface area contributed by atoms with Gasteiger partial charge in [0.25, 0.3) is 0 Å². The Morgan fingerprint density at radius 3 is 2.58 bits per heavy atom. The summed E-state index contributed by atoms with van der Waals surface area (Å²) in [6.07, 6.45) is 1.53. The van der Waals surface area contributed by atoms with E-state index in [2.05, 4.69) is 4.98 Å². The summed E-state index contributed by atoms with van der Waals surface area (Å²) in [5.74, 6) is 1.09. The fourth-order valence-electron chi connectivity index (χ4n) is 1.48. The number of nitriles is 2. The van der Waals surface area contributed by atoms with Crippen molar-refractivity contribution in [1.82, 2.24) is 4.98 Å². The Kier molecular flexibility index (Phi) is 3.61. The summed E-state index contributed by atoms with van der Waals surface area (Å²) < 4.78 is 10.6. The molecule has 5 nitrogen and oxygen atoms in total. The molecule has 0 aliphatic carbocycles. The van der Waals surface area contributed by atoms with E-state index in [1.54, 1.807) is 30.3 Å². The average molecular weight is 251 g/mol. The number of hydrogen-bond acceptors (Lipinski definition) is 5. The smallest absolute Gasteiger partial charge is 0.237 e. The predicted octanol–water partition coefficient (Wildman–Crippen LogP) is 2.63. The summed E-state index contributed by atoms with van der Waals surface area (Å²) in [6.45, 7) is 0. The molecule has 0 atom stereocenters. The third kappa shape index (κ3) is 2.80. The van der Waals surface area contributed by atoms with E-state index >= 15 is 0 Å². The zero-order chi connectivity index (χ0) is 13.7. The van der Waals surface area contributed by atoms with E-state index in [4.69, 9.17) is 20.0 Å². The second-order valence-corrected chi connectivity index (χ2v) is 3.58. The molecule has 92 valence electrons. The number of methoxy groups -OCH3 is 1. The van der Waals surface area contributed by atoms with Gasteiger partial charge in [0.2, 0.25) is 5.88 Å². The lowest BCUT2D eigenvalue weighted by Gasteiger charge is -2.08. The van der Waals surface area contributed by atoms with Crippen LogP contribution in [0, 0.1) is 22.7 Å². The van der Waals surface area contributed by atoms with Crippen LogP contribution in [-0.2, 0) is 0 Å². The van der Waals surface area contributed by atoms with E-state index in [0.29, 0.717) is 22.6 Å². The molecule has 0 spiro atoms. The molecular weight excluding hydrogens is 242 g/mol. The van der Waals surface area contributed by atoms with Gasteiger partial charge in [-0.25, -0.2) is 4.98 Å². The molecule has 1 aromatic heterocycles. The van der Waals surface area contributed by atoms with E-state index < -0.39 is 0 Å². The molecule has 1 aromatic carbocycles. The first-order valence-electron chi connectivity index (χ1n) is 5.39. The number of benzene rings is 1. The first-order chi connectivity index (χ1) is 9.26. The monoisotopic (exact) mass is 251 g/mol. The third-order valence-electron chi connectivity index (χ3n) is 2.35. The Morgan fingerprint density at radius 2 is 1.89 bits per heavy atom. The number of aromatic nitrogens is 1. The van der Waals surface area contributed by atoms with Gasteiger partial charge in [0, 0.05) is 12.3 Å². The van der Waals surface area contributed by atoms with Crippen molar-refractivity contribution in [1.29, 1.82) is 10.5 Å². The van der Waals surface area contributed by atoms with Crippen LogP contribution in [0.1, 0.15) is 11.1 Å². The van der Waals surface area contributed by atoms with Crippen LogP contribution in [0.5, 0.6) is 17.4 Å². The molecule has 0 N–H and O–H groups in total. The number of hydrogen-bond donors (Lipinski definition) is 0.